The number of hydrogen-bond acceptors (Lipinski definition) is 4. The predicted molar refractivity (Wildman–Crippen MR) is 75.4 cm³/mol. The molecule has 1 aromatic heterocycles. The van der Waals surface area contributed by atoms with Crippen LogP contribution >= 0.6 is 0 Å². The molecular weight excluding hydrogens is 254 g/mol. The Balaban J connectivity index is 2.34. The van der Waals surface area contributed by atoms with Crippen LogP contribution < -0.4 is 5.56 Å². The highest BCUT2D eigenvalue weighted by Gasteiger charge is 2.22. The van der Waals surface area contributed by atoms with Crippen molar-refractivity contribution < 1.29 is 0 Å². The highest BCUT2D eigenvalue weighted by Crippen LogP contribution is 2.27. The van der Waals surface area contributed by atoms with E-state index in [2.05, 4.69) is 20.4 Å². The van der Waals surface area contributed by atoms with Gasteiger partial charge < -0.3 is 0 Å². The maximum Gasteiger partial charge on any atom is 0.292 e. The molecule has 6 nitrogen and oxygen atoms in total. The Morgan fingerprint density at radius 1 is 1.10 bits per heavy atom. The lowest BCUT2D eigenvalue weighted by atomic mass is 9.91. The molecule has 0 radical (unpaired) electrons. The average Bonchev–Trinajstić information content (AvgIpc) is 2.78. The third kappa shape index (κ3) is 2.83. The summed E-state index contributed by atoms with van der Waals surface area (Å²) < 4.78 is 0. The SMILES string of the molecule is CC(C)(C)c1[nH][nH]c(=O)c1N=Nc1ccc(C#N)cc1. The van der Waals surface area contributed by atoms with Crippen molar-refractivity contribution in [2.45, 2.75) is 26.2 Å². The van der Waals surface area contributed by atoms with Crippen LogP contribution in [0.25, 0.3) is 0 Å². The van der Waals surface area contributed by atoms with Crippen LogP contribution in [0.2, 0.25) is 0 Å². The van der Waals surface area contributed by atoms with E-state index < -0.39 is 0 Å². The Hall–Kier alpha value is -2.68. The number of aromatic nitrogens is 2. The predicted octanol–water partition coefficient (Wildman–Crippen LogP) is 3.29. The molecule has 2 rings (SSSR count). The monoisotopic (exact) mass is 269 g/mol. The molecule has 0 atom stereocenters. The van der Waals surface area contributed by atoms with E-state index >= 15 is 0 Å². The van der Waals surface area contributed by atoms with Gasteiger partial charge >= 0.3 is 0 Å². The lowest BCUT2D eigenvalue weighted by molar-refractivity contribution is 0.567. The number of rotatable bonds is 2. The summed E-state index contributed by atoms with van der Waals surface area (Å²) in [6.07, 6.45) is 0. The van der Waals surface area contributed by atoms with E-state index in [1.165, 1.54) is 0 Å². The standard InChI is InChI=1S/C14H15N5O/c1-14(2,3)12-11(13(20)19-18-12)17-16-10-6-4-9(8-15)5-7-10/h4-7H,1-3H3,(H2,18,19,20). The number of benzene rings is 1. The largest absolute Gasteiger partial charge is 0.299 e. The van der Waals surface area contributed by atoms with Crippen LogP contribution in [-0.2, 0) is 5.41 Å². The van der Waals surface area contributed by atoms with Gasteiger partial charge in [0.05, 0.1) is 23.0 Å². The third-order valence-corrected chi connectivity index (χ3v) is 2.76. The van der Waals surface area contributed by atoms with Gasteiger partial charge in [0.25, 0.3) is 5.56 Å². The molecule has 1 aromatic carbocycles. The van der Waals surface area contributed by atoms with Crippen LogP contribution in [0.4, 0.5) is 11.4 Å². The number of aromatic amines is 2. The first-order valence-corrected chi connectivity index (χ1v) is 6.15. The molecule has 0 unspecified atom stereocenters. The van der Waals surface area contributed by atoms with Crippen LogP contribution in [0.5, 0.6) is 0 Å². The summed E-state index contributed by atoms with van der Waals surface area (Å²) in [7, 11) is 0. The van der Waals surface area contributed by atoms with E-state index in [-0.39, 0.29) is 16.7 Å². The lowest BCUT2D eigenvalue weighted by Gasteiger charge is -2.15. The quantitative estimate of drug-likeness (QED) is 0.818. The zero-order valence-electron chi connectivity index (χ0n) is 11.6. The summed E-state index contributed by atoms with van der Waals surface area (Å²) >= 11 is 0. The van der Waals surface area contributed by atoms with Gasteiger partial charge in [-0.15, -0.1) is 5.11 Å². The minimum absolute atomic E-state index is 0.238. The van der Waals surface area contributed by atoms with Gasteiger partial charge in [-0.05, 0) is 24.3 Å². The van der Waals surface area contributed by atoms with Crippen LogP contribution in [-0.4, -0.2) is 10.2 Å². The van der Waals surface area contributed by atoms with Gasteiger partial charge in [0.15, 0.2) is 5.69 Å². The fourth-order valence-electron chi connectivity index (χ4n) is 1.70. The van der Waals surface area contributed by atoms with Gasteiger partial charge in [-0.1, -0.05) is 20.8 Å². The van der Waals surface area contributed by atoms with Crippen LogP contribution in [0.3, 0.4) is 0 Å². The molecule has 0 aliphatic carbocycles. The Kier molecular flexibility index (Phi) is 3.53. The first-order valence-electron chi connectivity index (χ1n) is 6.15. The molecule has 0 spiro atoms. The van der Waals surface area contributed by atoms with Crippen molar-refractivity contribution in [3.05, 3.63) is 45.9 Å². The fourth-order valence-corrected chi connectivity index (χ4v) is 1.70. The van der Waals surface area contributed by atoms with Crippen molar-refractivity contribution in [1.29, 1.82) is 5.26 Å². The lowest BCUT2D eigenvalue weighted by Crippen LogP contribution is -2.12. The van der Waals surface area contributed by atoms with Crippen molar-refractivity contribution in [1.82, 2.24) is 10.2 Å². The maximum atomic E-state index is 11.7. The van der Waals surface area contributed by atoms with Crippen molar-refractivity contribution in [3.8, 4) is 6.07 Å². The van der Waals surface area contributed by atoms with Crippen molar-refractivity contribution >= 4 is 11.4 Å². The number of azo groups is 1. The second-order valence-corrected chi connectivity index (χ2v) is 5.41. The van der Waals surface area contributed by atoms with E-state index in [1.807, 2.05) is 26.8 Å². The number of nitrogens with one attached hydrogen (secondary N) is 2. The van der Waals surface area contributed by atoms with E-state index in [1.54, 1.807) is 24.3 Å². The average molecular weight is 269 g/mol. The highest BCUT2D eigenvalue weighted by atomic mass is 16.1. The Labute approximate surface area is 116 Å². The topological polar surface area (TPSA) is 97.2 Å². The van der Waals surface area contributed by atoms with E-state index in [9.17, 15) is 4.79 Å². The smallest absolute Gasteiger partial charge is 0.292 e. The highest BCUT2D eigenvalue weighted by molar-refractivity contribution is 5.45. The molecule has 102 valence electrons. The zero-order chi connectivity index (χ0) is 14.8. The molecule has 0 bridgehead atoms. The normalized spacial score (nSPS) is 11.7. The molecule has 2 aromatic rings. The van der Waals surface area contributed by atoms with Gasteiger partial charge in [0.1, 0.15) is 0 Å². The van der Waals surface area contributed by atoms with Gasteiger partial charge in [0.2, 0.25) is 0 Å². The fraction of sp³-hybridized carbons (Fsp3) is 0.286. The first kappa shape index (κ1) is 13.7. The minimum atomic E-state index is -0.299. The van der Waals surface area contributed by atoms with Gasteiger partial charge in [0, 0.05) is 5.41 Å². The number of nitriles is 1. The summed E-state index contributed by atoms with van der Waals surface area (Å²) in [4.78, 5) is 11.7. The van der Waals surface area contributed by atoms with E-state index in [0.717, 1.165) is 0 Å². The molecular formula is C14H15N5O. The van der Waals surface area contributed by atoms with Crippen molar-refractivity contribution in [3.63, 3.8) is 0 Å². The van der Waals surface area contributed by atoms with E-state index in [4.69, 9.17) is 5.26 Å². The Morgan fingerprint density at radius 2 is 1.75 bits per heavy atom. The van der Waals surface area contributed by atoms with Gasteiger partial charge in [-0.25, -0.2) is 0 Å². The molecule has 6 heteroatoms. The second kappa shape index (κ2) is 5.13. The van der Waals surface area contributed by atoms with Crippen LogP contribution in [0, 0.1) is 11.3 Å². The number of hydrogen-bond donors (Lipinski definition) is 2. The van der Waals surface area contributed by atoms with Crippen LogP contribution in [0.15, 0.2) is 39.3 Å². The maximum absolute atomic E-state index is 11.7. The third-order valence-electron chi connectivity index (χ3n) is 2.76. The molecule has 0 saturated carbocycles. The summed E-state index contributed by atoms with van der Waals surface area (Å²) in [5.74, 6) is 0. The molecule has 0 amide bonds. The van der Waals surface area contributed by atoms with Gasteiger partial charge in [-0.3, -0.25) is 15.0 Å². The first-order chi connectivity index (χ1) is 9.41. The summed E-state index contributed by atoms with van der Waals surface area (Å²) in [5.41, 5.74) is 1.59. The van der Waals surface area contributed by atoms with Crippen LogP contribution in [0.1, 0.15) is 32.0 Å². The van der Waals surface area contributed by atoms with Crippen molar-refractivity contribution in [2.75, 3.05) is 0 Å². The molecule has 0 fully saturated rings. The van der Waals surface area contributed by atoms with Crippen molar-refractivity contribution in [2.24, 2.45) is 10.2 Å². The molecule has 0 saturated heterocycles. The van der Waals surface area contributed by atoms with Gasteiger partial charge in [-0.2, -0.15) is 10.4 Å². The summed E-state index contributed by atoms with van der Waals surface area (Å²) in [6.45, 7) is 5.94. The number of H-pyrrole nitrogens is 2. The molecule has 1 heterocycles. The summed E-state index contributed by atoms with van der Waals surface area (Å²) in [6, 6.07) is 8.70. The molecule has 0 aliphatic rings. The molecule has 2 N–H and O–H groups in total. The zero-order valence-corrected chi connectivity index (χ0v) is 11.6. The molecule has 20 heavy (non-hydrogen) atoms. The Morgan fingerprint density at radius 3 is 2.30 bits per heavy atom. The Bertz CT molecular complexity index is 723. The number of nitrogens with zero attached hydrogens (tertiary/aromatic N) is 3. The molecule has 0 aliphatic heterocycles. The summed E-state index contributed by atoms with van der Waals surface area (Å²) in [5, 5.41) is 22.1. The minimum Gasteiger partial charge on any atom is -0.299 e. The second-order valence-electron chi connectivity index (χ2n) is 5.41. The van der Waals surface area contributed by atoms with E-state index in [0.29, 0.717) is 16.9 Å².